The van der Waals surface area contributed by atoms with Crippen LogP contribution in [-0.2, 0) is 13.0 Å². The molecule has 1 aromatic carbocycles. The summed E-state index contributed by atoms with van der Waals surface area (Å²) in [7, 11) is 0. The van der Waals surface area contributed by atoms with Gasteiger partial charge in [-0.3, -0.25) is 4.79 Å². The molecule has 0 atom stereocenters. The Morgan fingerprint density at radius 1 is 1.22 bits per heavy atom. The standard InChI is InChI=1S/C17H22N4O2/c1-4-12-6-8-13(9-7-12)23-10-14-15(16(22)19-5-2)11(3)20-17(18)21-14/h6-9H,4-5,10H2,1-3H3,(H,19,22)(H2,18,20,21). The Morgan fingerprint density at radius 2 is 1.91 bits per heavy atom. The van der Waals surface area contributed by atoms with Crippen LogP contribution in [0, 0.1) is 6.92 Å². The molecule has 0 saturated carbocycles. The number of nitrogens with two attached hydrogens (primary N) is 1. The lowest BCUT2D eigenvalue weighted by Gasteiger charge is -2.13. The van der Waals surface area contributed by atoms with E-state index in [9.17, 15) is 4.79 Å². The highest BCUT2D eigenvalue weighted by Crippen LogP contribution is 2.17. The molecule has 1 aromatic heterocycles. The van der Waals surface area contributed by atoms with E-state index in [4.69, 9.17) is 10.5 Å². The van der Waals surface area contributed by atoms with Gasteiger partial charge in [0.15, 0.2) is 0 Å². The molecule has 0 unspecified atom stereocenters. The van der Waals surface area contributed by atoms with Crippen LogP contribution in [-0.4, -0.2) is 22.4 Å². The number of anilines is 1. The van der Waals surface area contributed by atoms with Crippen LogP contribution in [0.25, 0.3) is 0 Å². The van der Waals surface area contributed by atoms with Gasteiger partial charge in [0, 0.05) is 6.54 Å². The fraction of sp³-hybridized carbons (Fsp3) is 0.353. The Balaban J connectivity index is 2.22. The molecule has 6 heteroatoms. The lowest BCUT2D eigenvalue weighted by atomic mass is 10.1. The number of carbonyl (C=O) groups is 1. The maximum absolute atomic E-state index is 12.2. The van der Waals surface area contributed by atoms with Crippen LogP contribution < -0.4 is 15.8 Å². The molecule has 0 radical (unpaired) electrons. The number of benzene rings is 1. The molecule has 2 rings (SSSR count). The van der Waals surface area contributed by atoms with Crippen LogP contribution in [0.4, 0.5) is 5.95 Å². The van der Waals surface area contributed by atoms with Gasteiger partial charge in [-0.25, -0.2) is 9.97 Å². The van der Waals surface area contributed by atoms with E-state index in [1.807, 2.05) is 31.2 Å². The van der Waals surface area contributed by atoms with Gasteiger partial charge in [-0.1, -0.05) is 19.1 Å². The van der Waals surface area contributed by atoms with E-state index in [0.717, 1.165) is 12.2 Å². The first kappa shape index (κ1) is 16.7. The van der Waals surface area contributed by atoms with Crippen molar-refractivity contribution in [3.05, 3.63) is 46.8 Å². The number of aromatic nitrogens is 2. The number of nitrogens with one attached hydrogen (secondary N) is 1. The summed E-state index contributed by atoms with van der Waals surface area (Å²) in [5, 5.41) is 2.76. The monoisotopic (exact) mass is 314 g/mol. The summed E-state index contributed by atoms with van der Waals surface area (Å²) in [5.41, 5.74) is 8.39. The van der Waals surface area contributed by atoms with Crippen molar-refractivity contribution in [1.29, 1.82) is 0 Å². The highest BCUT2D eigenvalue weighted by atomic mass is 16.5. The number of nitrogens with zero attached hydrogens (tertiary/aromatic N) is 2. The minimum Gasteiger partial charge on any atom is -0.487 e. The molecular weight excluding hydrogens is 292 g/mol. The Labute approximate surface area is 136 Å². The van der Waals surface area contributed by atoms with E-state index in [1.54, 1.807) is 6.92 Å². The zero-order chi connectivity index (χ0) is 16.8. The van der Waals surface area contributed by atoms with Crippen LogP contribution >= 0.6 is 0 Å². The predicted octanol–water partition coefficient (Wildman–Crippen LogP) is 2.26. The van der Waals surface area contributed by atoms with Crippen LogP contribution in [0.2, 0.25) is 0 Å². The second-order valence-corrected chi connectivity index (χ2v) is 5.13. The third-order valence-corrected chi connectivity index (χ3v) is 3.45. The first-order valence-electron chi connectivity index (χ1n) is 7.68. The molecular formula is C17H22N4O2. The summed E-state index contributed by atoms with van der Waals surface area (Å²) < 4.78 is 5.74. The van der Waals surface area contributed by atoms with E-state index in [2.05, 4.69) is 22.2 Å². The van der Waals surface area contributed by atoms with Gasteiger partial charge < -0.3 is 15.8 Å². The van der Waals surface area contributed by atoms with Crippen molar-refractivity contribution >= 4 is 11.9 Å². The van der Waals surface area contributed by atoms with Crippen LogP contribution in [0.5, 0.6) is 5.75 Å². The van der Waals surface area contributed by atoms with Gasteiger partial charge in [0.2, 0.25) is 5.95 Å². The summed E-state index contributed by atoms with van der Waals surface area (Å²) in [4.78, 5) is 20.4. The van der Waals surface area contributed by atoms with E-state index < -0.39 is 0 Å². The molecule has 0 bridgehead atoms. The van der Waals surface area contributed by atoms with Crippen molar-refractivity contribution in [2.24, 2.45) is 0 Å². The smallest absolute Gasteiger partial charge is 0.255 e. The summed E-state index contributed by atoms with van der Waals surface area (Å²) in [6, 6.07) is 7.84. The Hall–Kier alpha value is -2.63. The molecule has 122 valence electrons. The SMILES string of the molecule is CCNC(=O)c1c(C)nc(N)nc1COc1ccc(CC)cc1. The number of hydrogen-bond donors (Lipinski definition) is 2. The molecule has 2 aromatic rings. The number of rotatable bonds is 6. The number of ether oxygens (including phenoxy) is 1. The number of hydrogen-bond acceptors (Lipinski definition) is 5. The first-order chi connectivity index (χ1) is 11.0. The van der Waals surface area contributed by atoms with E-state index in [0.29, 0.717) is 23.5 Å². The topological polar surface area (TPSA) is 90.1 Å². The lowest BCUT2D eigenvalue weighted by molar-refractivity contribution is 0.0951. The quantitative estimate of drug-likeness (QED) is 0.853. The number of aryl methyl sites for hydroxylation is 2. The van der Waals surface area contributed by atoms with Crippen molar-refractivity contribution in [3.63, 3.8) is 0 Å². The Kier molecular flexibility index (Phi) is 5.51. The number of nitrogen functional groups attached to an aromatic ring is 1. The van der Waals surface area contributed by atoms with E-state index in [-0.39, 0.29) is 18.5 Å². The van der Waals surface area contributed by atoms with Gasteiger partial charge in [-0.2, -0.15) is 0 Å². The van der Waals surface area contributed by atoms with Gasteiger partial charge in [-0.05, 0) is 38.0 Å². The summed E-state index contributed by atoms with van der Waals surface area (Å²) in [5.74, 6) is 0.638. The van der Waals surface area contributed by atoms with Gasteiger partial charge in [0.1, 0.15) is 12.4 Å². The minimum atomic E-state index is -0.218. The third-order valence-electron chi connectivity index (χ3n) is 3.45. The van der Waals surface area contributed by atoms with E-state index in [1.165, 1.54) is 5.56 Å². The summed E-state index contributed by atoms with van der Waals surface area (Å²) in [6.07, 6.45) is 0.975. The van der Waals surface area contributed by atoms with Crippen LogP contribution in [0.15, 0.2) is 24.3 Å². The molecule has 0 fully saturated rings. The second-order valence-electron chi connectivity index (χ2n) is 5.13. The van der Waals surface area contributed by atoms with E-state index >= 15 is 0 Å². The van der Waals surface area contributed by atoms with Crippen molar-refractivity contribution in [2.75, 3.05) is 12.3 Å². The third kappa shape index (κ3) is 4.18. The van der Waals surface area contributed by atoms with Crippen LogP contribution in [0.1, 0.15) is 41.2 Å². The molecule has 23 heavy (non-hydrogen) atoms. The predicted molar refractivity (Wildman–Crippen MR) is 89.3 cm³/mol. The molecule has 0 aliphatic carbocycles. The molecule has 6 nitrogen and oxygen atoms in total. The number of carbonyl (C=O) groups excluding carboxylic acids is 1. The second kappa shape index (κ2) is 7.58. The first-order valence-corrected chi connectivity index (χ1v) is 7.68. The van der Waals surface area contributed by atoms with Crippen molar-refractivity contribution in [1.82, 2.24) is 15.3 Å². The summed E-state index contributed by atoms with van der Waals surface area (Å²) >= 11 is 0. The molecule has 0 aliphatic heterocycles. The van der Waals surface area contributed by atoms with Crippen LogP contribution in [0.3, 0.4) is 0 Å². The molecule has 1 amide bonds. The molecule has 0 saturated heterocycles. The number of amides is 1. The van der Waals surface area contributed by atoms with Crippen molar-refractivity contribution in [3.8, 4) is 5.75 Å². The largest absolute Gasteiger partial charge is 0.487 e. The zero-order valence-corrected chi connectivity index (χ0v) is 13.7. The fourth-order valence-corrected chi connectivity index (χ4v) is 2.28. The lowest BCUT2D eigenvalue weighted by Crippen LogP contribution is -2.26. The van der Waals surface area contributed by atoms with Gasteiger partial charge in [0.05, 0.1) is 17.0 Å². The Morgan fingerprint density at radius 3 is 2.52 bits per heavy atom. The van der Waals surface area contributed by atoms with Gasteiger partial charge >= 0.3 is 0 Å². The highest BCUT2D eigenvalue weighted by molar-refractivity contribution is 5.96. The molecule has 0 aliphatic rings. The van der Waals surface area contributed by atoms with Crippen molar-refractivity contribution < 1.29 is 9.53 Å². The van der Waals surface area contributed by atoms with Gasteiger partial charge in [-0.15, -0.1) is 0 Å². The maximum Gasteiger partial charge on any atom is 0.255 e. The summed E-state index contributed by atoms with van der Waals surface area (Å²) in [6.45, 7) is 6.38. The molecule has 1 heterocycles. The average Bonchev–Trinajstić information content (AvgIpc) is 2.53. The fourth-order valence-electron chi connectivity index (χ4n) is 2.28. The average molecular weight is 314 g/mol. The van der Waals surface area contributed by atoms with Gasteiger partial charge in [0.25, 0.3) is 5.91 Å². The normalized spacial score (nSPS) is 10.4. The Bertz CT molecular complexity index is 684. The zero-order valence-electron chi connectivity index (χ0n) is 13.7. The minimum absolute atomic E-state index is 0.135. The molecule has 0 spiro atoms. The van der Waals surface area contributed by atoms with Crippen molar-refractivity contribution in [2.45, 2.75) is 33.8 Å². The maximum atomic E-state index is 12.2. The molecule has 3 N–H and O–H groups in total. The highest BCUT2D eigenvalue weighted by Gasteiger charge is 2.18.